The summed E-state index contributed by atoms with van der Waals surface area (Å²) >= 11 is 0. The third-order valence-electron chi connectivity index (χ3n) is 4.61. The molecular weight excluding hydrogens is 335 g/mol. The van der Waals surface area contributed by atoms with Crippen molar-refractivity contribution < 1.29 is 9.13 Å². The van der Waals surface area contributed by atoms with Gasteiger partial charge in [-0.1, -0.05) is 12.1 Å². The minimum absolute atomic E-state index is 0.0441. The van der Waals surface area contributed by atoms with Crippen molar-refractivity contribution in [1.29, 1.82) is 0 Å². The maximum atomic E-state index is 13.0. The van der Waals surface area contributed by atoms with Crippen molar-refractivity contribution >= 4 is 17.5 Å². The van der Waals surface area contributed by atoms with Gasteiger partial charge in [-0.15, -0.1) is 0 Å². The number of piperazine rings is 1. The van der Waals surface area contributed by atoms with Gasteiger partial charge in [0.1, 0.15) is 24.4 Å². The van der Waals surface area contributed by atoms with Crippen molar-refractivity contribution in [1.82, 2.24) is 14.9 Å². The molecule has 1 saturated heterocycles. The van der Waals surface area contributed by atoms with Crippen LogP contribution in [-0.4, -0.2) is 59.7 Å². The van der Waals surface area contributed by atoms with Gasteiger partial charge in [-0.2, -0.15) is 0 Å². The number of hydrogen-bond donors (Lipinski definition) is 1. The Balaban J connectivity index is 1.35. The van der Waals surface area contributed by atoms with Gasteiger partial charge in [0, 0.05) is 26.2 Å². The third-order valence-corrected chi connectivity index (χ3v) is 4.61. The maximum Gasteiger partial charge on any atom is 0.225 e. The van der Waals surface area contributed by atoms with E-state index in [1.165, 1.54) is 12.4 Å². The van der Waals surface area contributed by atoms with Crippen molar-refractivity contribution in [3.63, 3.8) is 0 Å². The van der Waals surface area contributed by atoms with Gasteiger partial charge in [-0.3, -0.25) is 9.89 Å². The maximum absolute atomic E-state index is 13.0. The summed E-state index contributed by atoms with van der Waals surface area (Å²) in [5.41, 5.74) is 0.947. The standard InChI is InChI=1S/C18H21FN6O/c1-13(22-17-12-26-16-5-3-2-4-15(16)23-17)24-6-8-25(9-7-24)18-20-10-14(19)11-21-18/h2-5,10-11,13H,6-9,12H2,1H3,(H,22,23). The van der Waals surface area contributed by atoms with Gasteiger partial charge in [0.25, 0.3) is 0 Å². The molecule has 1 N–H and O–H groups in total. The predicted molar refractivity (Wildman–Crippen MR) is 98.2 cm³/mol. The van der Waals surface area contributed by atoms with Crippen LogP contribution in [0.15, 0.2) is 41.7 Å². The number of nitrogens with one attached hydrogen (secondary N) is 1. The molecule has 4 rings (SSSR count). The van der Waals surface area contributed by atoms with E-state index < -0.39 is 5.82 Å². The number of aliphatic imine (C=N–C) groups is 1. The minimum Gasteiger partial charge on any atom is -0.484 e. The third kappa shape index (κ3) is 3.60. The van der Waals surface area contributed by atoms with Crippen LogP contribution < -0.4 is 15.0 Å². The molecule has 1 atom stereocenters. The van der Waals surface area contributed by atoms with Gasteiger partial charge in [-0.05, 0) is 19.1 Å². The summed E-state index contributed by atoms with van der Waals surface area (Å²) < 4.78 is 18.7. The molecule has 3 heterocycles. The lowest BCUT2D eigenvalue weighted by molar-refractivity contribution is 0.201. The average Bonchev–Trinajstić information content (AvgIpc) is 2.68. The van der Waals surface area contributed by atoms with E-state index in [1.54, 1.807) is 0 Å². The SMILES string of the molecule is CC(N=C1COc2ccccc2N1)N1CCN(c2ncc(F)cn2)CC1. The first-order chi connectivity index (χ1) is 12.7. The molecule has 136 valence electrons. The lowest BCUT2D eigenvalue weighted by Crippen LogP contribution is -2.50. The van der Waals surface area contributed by atoms with Crippen LogP contribution in [0, 0.1) is 5.82 Å². The van der Waals surface area contributed by atoms with Gasteiger partial charge in [-0.25, -0.2) is 14.4 Å². The molecule has 1 unspecified atom stereocenters. The van der Waals surface area contributed by atoms with E-state index in [0.29, 0.717) is 12.6 Å². The molecule has 0 radical (unpaired) electrons. The van der Waals surface area contributed by atoms with Gasteiger partial charge in [0.15, 0.2) is 5.82 Å². The Hall–Kier alpha value is -2.74. The predicted octanol–water partition coefficient (Wildman–Crippen LogP) is 1.99. The van der Waals surface area contributed by atoms with E-state index in [4.69, 9.17) is 9.73 Å². The summed E-state index contributed by atoms with van der Waals surface area (Å²) in [5, 5.41) is 3.34. The van der Waals surface area contributed by atoms with Crippen LogP contribution in [0.3, 0.4) is 0 Å². The topological polar surface area (TPSA) is 65.9 Å². The van der Waals surface area contributed by atoms with Gasteiger partial charge < -0.3 is 15.0 Å². The highest BCUT2D eigenvalue weighted by Gasteiger charge is 2.23. The minimum atomic E-state index is -0.416. The Labute approximate surface area is 151 Å². The molecule has 1 fully saturated rings. The van der Waals surface area contributed by atoms with E-state index >= 15 is 0 Å². The number of amidine groups is 1. The number of nitrogens with zero attached hydrogens (tertiary/aromatic N) is 5. The molecule has 0 aliphatic carbocycles. The monoisotopic (exact) mass is 356 g/mol. The molecule has 1 aromatic heterocycles. The van der Waals surface area contributed by atoms with Crippen LogP contribution in [-0.2, 0) is 0 Å². The molecule has 0 spiro atoms. The number of anilines is 2. The smallest absolute Gasteiger partial charge is 0.225 e. The Bertz CT molecular complexity index is 789. The number of benzene rings is 1. The highest BCUT2D eigenvalue weighted by Crippen LogP contribution is 2.26. The lowest BCUT2D eigenvalue weighted by atomic mass is 10.2. The molecule has 1 aromatic carbocycles. The summed E-state index contributed by atoms with van der Waals surface area (Å²) in [6, 6.07) is 7.85. The molecular formula is C18H21FN6O. The fourth-order valence-corrected chi connectivity index (χ4v) is 3.17. The Kier molecular flexibility index (Phi) is 4.66. The van der Waals surface area contributed by atoms with E-state index in [-0.39, 0.29) is 6.17 Å². The quantitative estimate of drug-likeness (QED) is 0.907. The first-order valence-electron chi connectivity index (χ1n) is 8.71. The second-order valence-corrected chi connectivity index (χ2v) is 6.34. The van der Waals surface area contributed by atoms with E-state index in [1.807, 2.05) is 24.3 Å². The normalized spacial score (nSPS) is 20.2. The molecule has 8 heteroatoms. The lowest BCUT2D eigenvalue weighted by Gasteiger charge is -2.37. The summed E-state index contributed by atoms with van der Waals surface area (Å²) in [6.07, 6.45) is 2.45. The Morgan fingerprint density at radius 2 is 1.88 bits per heavy atom. The zero-order chi connectivity index (χ0) is 17.9. The van der Waals surface area contributed by atoms with Crippen molar-refractivity contribution in [3.05, 3.63) is 42.5 Å². The number of fused-ring (bicyclic) bond motifs is 1. The zero-order valence-electron chi connectivity index (χ0n) is 14.6. The number of aromatic nitrogens is 2. The van der Waals surface area contributed by atoms with Crippen molar-refractivity contribution in [2.75, 3.05) is 43.0 Å². The van der Waals surface area contributed by atoms with Gasteiger partial charge >= 0.3 is 0 Å². The summed E-state index contributed by atoms with van der Waals surface area (Å²) in [6.45, 7) is 5.79. The summed E-state index contributed by atoms with van der Waals surface area (Å²) in [7, 11) is 0. The Morgan fingerprint density at radius 1 is 1.15 bits per heavy atom. The molecule has 7 nitrogen and oxygen atoms in total. The average molecular weight is 356 g/mol. The number of halogens is 1. The molecule has 2 aromatic rings. The number of hydrogen-bond acceptors (Lipinski definition) is 6. The van der Waals surface area contributed by atoms with Crippen LogP contribution in [0.2, 0.25) is 0 Å². The van der Waals surface area contributed by atoms with E-state index in [2.05, 4.69) is 32.0 Å². The zero-order valence-corrected chi connectivity index (χ0v) is 14.6. The Morgan fingerprint density at radius 3 is 2.65 bits per heavy atom. The summed E-state index contributed by atoms with van der Waals surface area (Å²) in [5.74, 6) is 1.84. The fourth-order valence-electron chi connectivity index (χ4n) is 3.17. The summed E-state index contributed by atoms with van der Waals surface area (Å²) in [4.78, 5) is 17.2. The highest BCUT2D eigenvalue weighted by atomic mass is 19.1. The van der Waals surface area contributed by atoms with Crippen LogP contribution in [0.5, 0.6) is 5.75 Å². The largest absolute Gasteiger partial charge is 0.484 e. The van der Waals surface area contributed by atoms with Crippen molar-refractivity contribution in [2.24, 2.45) is 4.99 Å². The van der Waals surface area contributed by atoms with Crippen LogP contribution >= 0.6 is 0 Å². The fraction of sp³-hybridized carbons (Fsp3) is 0.389. The first-order valence-corrected chi connectivity index (χ1v) is 8.71. The van der Waals surface area contributed by atoms with E-state index in [0.717, 1.165) is 43.5 Å². The highest BCUT2D eigenvalue weighted by molar-refractivity contribution is 5.99. The van der Waals surface area contributed by atoms with Crippen LogP contribution in [0.1, 0.15) is 6.92 Å². The molecule has 26 heavy (non-hydrogen) atoms. The molecule has 2 aliphatic rings. The van der Waals surface area contributed by atoms with Crippen LogP contribution in [0.25, 0.3) is 0 Å². The van der Waals surface area contributed by atoms with Gasteiger partial charge in [0.05, 0.1) is 18.1 Å². The number of para-hydroxylation sites is 2. The molecule has 0 bridgehead atoms. The first kappa shape index (κ1) is 16.7. The van der Waals surface area contributed by atoms with Crippen molar-refractivity contribution in [2.45, 2.75) is 13.1 Å². The van der Waals surface area contributed by atoms with Crippen LogP contribution in [0.4, 0.5) is 16.0 Å². The van der Waals surface area contributed by atoms with Gasteiger partial charge in [0.2, 0.25) is 5.95 Å². The second-order valence-electron chi connectivity index (χ2n) is 6.34. The molecule has 2 aliphatic heterocycles. The van der Waals surface area contributed by atoms with Crippen molar-refractivity contribution in [3.8, 4) is 5.75 Å². The number of rotatable bonds is 3. The number of ether oxygens (including phenoxy) is 1. The molecule has 0 saturated carbocycles. The molecule has 0 amide bonds. The van der Waals surface area contributed by atoms with E-state index in [9.17, 15) is 4.39 Å². The second kappa shape index (κ2) is 7.25.